The standard InChI is InChI=1S/C12H15F3N2O/c13-12(14,15)10-2-1-5-17(7-10)11-6-9(8-18)3-4-16-11/h3-4,6,10,18H,1-2,5,7-8H2. The van der Waals surface area contributed by atoms with Crippen molar-refractivity contribution in [3.63, 3.8) is 0 Å². The van der Waals surface area contributed by atoms with Crippen LogP contribution in [0.3, 0.4) is 0 Å². The summed E-state index contributed by atoms with van der Waals surface area (Å²) < 4.78 is 38.1. The molecular formula is C12H15F3N2O. The van der Waals surface area contributed by atoms with E-state index in [4.69, 9.17) is 5.11 Å². The zero-order valence-electron chi connectivity index (χ0n) is 9.82. The molecule has 0 aromatic carbocycles. The van der Waals surface area contributed by atoms with Gasteiger partial charge in [0.05, 0.1) is 12.5 Å². The van der Waals surface area contributed by atoms with Crippen LogP contribution in [0.5, 0.6) is 0 Å². The largest absolute Gasteiger partial charge is 0.393 e. The van der Waals surface area contributed by atoms with Crippen LogP contribution in [-0.2, 0) is 6.61 Å². The number of rotatable bonds is 2. The quantitative estimate of drug-likeness (QED) is 0.886. The monoisotopic (exact) mass is 260 g/mol. The predicted molar refractivity (Wildman–Crippen MR) is 61.2 cm³/mol. The maximum Gasteiger partial charge on any atom is 0.393 e. The van der Waals surface area contributed by atoms with Crippen molar-refractivity contribution in [2.24, 2.45) is 5.92 Å². The van der Waals surface area contributed by atoms with Gasteiger partial charge in [-0.1, -0.05) is 0 Å². The van der Waals surface area contributed by atoms with Gasteiger partial charge in [0.25, 0.3) is 0 Å². The average Bonchev–Trinajstić information content (AvgIpc) is 2.38. The summed E-state index contributed by atoms with van der Waals surface area (Å²) in [4.78, 5) is 5.71. The number of piperidine rings is 1. The Morgan fingerprint density at radius 3 is 2.89 bits per heavy atom. The summed E-state index contributed by atoms with van der Waals surface area (Å²) >= 11 is 0. The Hall–Kier alpha value is -1.30. The molecule has 1 aliphatic rings. The zero-order valence-corrected chi connectivity index (χ0v) is 9.82. The number of alkyl halides is 3. The predicted octanol–water partition coefficient (Wildman–Crippen LogP) is 2.35. The van der Waals surface area contributed by atoms with E-state index in [0.29, 0.717) is 24.3 Å². The molecule has 0 aliphatic carbocycles. The first-order valence-corrected chi connectivity index (χ1v) is 5.88. The average molecular weight is 260 g/mol. The molecule has 0 amide bonds. The summed E-state index contributed by atoms with van der Waals surface area (Å²) in [6.07, 6.45) is -1.94. The van der Waals surface area contributed by atoms with Crippen molar-refractivity contribution in [3.8, 4) is 0 Å². The van der Waals surface area contributed by atoms with Crippen molar-refractivity contribution >= 4 is 5.82 Å². The third kappa shape index (κ3) is 2.93. The van der Waals surface area contributed by atoms with E-state index in [1.54, 1.807) is 17.0 Å². The van der Waals surface area contributed by atoms with E-state index < -0.39 is 12.1 Å². The van der Waals surface area contributed by atoms with E-state index in [1.807, 2.05) is 0 Å². The maximum absolute atomic E-state index is 12.7. The molecule has 2 heterocycles. The number of aliphatic hydroxyl groups excluding tert-OH is 1. The van der Waals surface area contributed by atoms with Crippen molar-refractivity contribution in [3.05, 3.63) is 23.9 Å². The van der Waals surface area contributed by atoms with Gasteiger partial charge in [0.1, 0.15) is 5.82 Å². The minimum atomic E-state index is -4.15. The van der Waals surface area contributed by atoms with Crippen molar-refractivity contribution in [1.29, 1.82) is 0 Å². The molecule has 0 saturated carbocycles. The molecule has 3 nitrogen and oxygen atoms in total. The Bertz CT molecular complexity index is 409. The molecule has 1 N–H and O–H groups in total. The van der Waals surface area contributed by atoms with Gasteiger partial charge in [-0.3, -0.25) is 0 Å². The maximum atomic E-state index is 12.7. The third-order valence-electron chi connectivity index (χ3n) is 3.20. The fraction of sp³-hybridized carbons (Fsp3) is 0.583. The van der Waals surface area contributed by atoms with E-state index in [0.717, 1.165) is 0 Å². The van der Waals surface area contributed by atoms with Gasteiger partial charge in [-0.2, -0.15) is 13.2 Å². The first-order chi connectivity index (χ1) is 8.50. The molecule has 0 bridgehead atoms. The Morgan fingerprint density at radius 1 is 1.44 bits per heavy atom. The summed E-state index contributed by atoms with van der Waals surface area (Å²) in [6.45, 7) is 0.395. The molecule has 100 valence electrons. The lowest BCUT2D eigenvalue weighted by Gasteiger charge is -2.34. The van der Waals surface area contributed by atoms with Gasteiger partial charge in [-0.25, -0.2) is 4.98 Å². The van der Waals surface area contributed by atoms with Crippen LogP contribution in [0.2, 0.25) is 0 Å². The molecule has 0 radical (unpaired) electrons. The first-order valence-electron chi connectivity index (χ1n) is 5.88. The molecule has 1 aromatic heterocycles. The van der Waals surface area contributed by atoms with Crippen LogP contribution in [0.15, 0.2) is 18.3 Å². The van der Waals surface area contributed by atoms with Gasteiger partial charge in [-0.05, 0) is 30.5 Å². The van der Waals surface area contributed by atoms with Crippen molar-refractivity contribution < 1.29 is 18.3 Å². The van der Waals surface area contributed by atoms with E-state index in [2.05, 4.69) is 4.98 Å². The number of pyridine rings is 1. The molecule has 18 heavy (non-hydrogen) atoms. The fourth-order valence-corrected chi connectivity index (χ4v) is 2.18. The molecule has 2 rings (SSSR count). The zero-order chi connectivity index (χ0) is 13.2. The van der Waals surface area contributed by atoms with Gasteiger partial charge in [0.2, 0.25) is 0 Å². The number of halogens is 3. The summed E-state index contributed by atoms with van der Waals surface area (Å²) in [5.74, 6) is -0.777. The van der Waals surface area contributed by atoms with Gasteiger partial charge in [0.15, 0.2) is 0 Å². The summed E-state index contributed by atoms with van der Waals surface area (Å²) in [6, 6.07) is 3.29. The number of nitrogens with zero attached hydrogens (tertiary/aromatic N) is 2. The molecule has 1 unspecified atom stereocenters. The molecule has 1 saturated heterocycles. The number of hydrogen-bond donors (Lipinski definition) is 1. The molecule has 0 spiro atoms. The van der Waals surface area contributed by atoms with Crippen LogP contribution in [-0.4, -0.2) is 29.4 Å². The topological polar surface area (TPSA) is 36.4 Å². The number of anilines is 1. The van der Waals surface area contributed by atoms with Crippen molar-refractivity contribution in [1.82, 2.24) is 4.98 Å². The molecule has 1 aromatic rings. The van der Waals surface area contributed by atoms with E-state index in [9.17, 15) is 13.2 Å². The molecular weight excluding hydrogens is 245 g/mol. The normalized spacial score (nSPS) is 21.1. The van der Waals surface area contributed by atoms with Gasteiger partial charge >= 0.3 is 6.18 Å². The van der Waals surface area contributed by atoms with Gasteiger partial charge in [0, 0.05) is 19.3 Å². The van der Waals surface area contributed by atoms with Crippen molar-refractivity contribution in [2.45, 2.75) is 25.6 Å². The first kappa shape index (κ1) is 13.1. The van der Waals surface area contributed by atoms with E-state index in [-0.39, 0.29) is 19.6 Å². The number of hydrogen-bond acceptors (Lipinski definition) is 3. The molecule has 6 heteroatoms. The highest BCUT2D eigenvalue weighted by molar-refractivity contribution is 5.41. The highest BCUT2D eigenvalue weighted by atomic mass is 19.4. The lowest BCUT2D eigenvalue weighted by Crippen LogP contribution is -2.42. The Kier molecular flexibility index (Phi) is 3.75. The number of aromatic nitrogens is 1. The lowest BCUT2D eigenvalue weighted by atomic mass is 9.97. The van der Waals surface area contributed by atoms with Crippen LogP contribution in [0.4, 0.5) is 19.0 Å². The Labute approximate surface area is 103 Å². The number of aliphatic hydroxyl groups is 1. The second-order valence-corrected chi connectivity index (χ2v) is 4.51. The minimum Gasteiger partial charge on any atom is -0.392 e. The molecule has 1 aliphatic heterocycles. The smallest absolute Gasteiger partial charge is 0.392 e. The highest BCUT2D eigenvalue weighted by Crippen LogP contribution is 2.34. The van der Waals surface area contributed by atoms with E-state index >= 15 is 0 Å². The molecule has 1 atom stereocenters. The van der Waals surface area contributed by atoms with Gasteiger partial charge in [-0.15, -0.1) is 0 Å². The van der Waals surface area contributed by atoms with Crippen LogP contribution in [0.25, 0.3) is 0 Å². The minimum absolute atomic E-state index is 0.0502. The highest BCUT2D eigenvalue weighted by Gasteiger charge is 2.42. The SMILES string of the molecule is OCc1ccnc(N2CCCC(C(F)(F)F)C2)c1. The lowest BCUT2D eigenvalue weighted by molar-refractivity contribution is -0.176. The fourth-order valence-electron chi connectivity index (χ4n) is 2.18. The second-order valence-electron chi connectivity index (χ2n) is 4.51. The molecule has 1 fully saturated rings. The van der Waals surface area contributed by atoms with Crippen LogP contribution >= 0.6 is 0 Å². The van der Waals surface area contributed by atoms with E-state index in [1.165, 1.54) is 6.20 Å². The summed E-state index contributed by atoms with van der Waals surface area (Å²) in [7, 11) is 0. The summed E-state index contributed by atoms with van der Waals surface area (Å²) in [5.41, 5.74) is 0.661. The third-order valence-corrected chi connectivity index (χ3v) is 3.20. The van der Waals surface area contributed by atoms with Gasteiger partial charge < -0.3 is 10.0 Å². The summed E-state index contributed by atoms with van der Waals surface area (Å²) in [5, 5.41) is 9.02. The van der Waals surface area contributed by atoms with Crippen LogP contribution in [0, 0.1) is 5.92 Å². The van der Waals surface area contributed by atoms with Crippen LogP contribution < -0.4 is 4.90 Å². The Morgan fingerprint density at radius 2 is 2.22 bits per heavy atom. The second kappa shape index (κ2) is 5.14. The van der Waals surface area contributed by atoms with Crippen LogP contribution in [0.1, 0.15) is 18.4 Å². The Balaban J connectivity index is 2.13. The van der Waals surface area contributed by atoms with Crippen molar-refractivity contribution in [2.75, 3.05) is 18.0 Å².